The smallest absolute Gasteiger partial charge is 0.203 e. The Bertz CT molecular complexity index is 516. The summed E-state index contributed by atoms with van der Waals surface area (Å²) in [6.45, 7) is 9.57. The number of hydrogen-bond donors (Lipinski definition) is 1. The van der Waals surface area contributed by atoms with Crippen LogP contribution in [-0.4, -0.2) is 14.5 Å². The molecule has 2 rings (SSSR count). The van der Waals surface area contributed by atoms with Crippen LogP contribution in [0.3, 0.4) is 0 Å². The number of rotatable bonds is 5. The molecule has 0 saturated carbocycles. The van der Waals surface area contributed by atoms with Gasteiger partial charge in [-0.05, 0) is 37.5 Å². The van der Waals surface area contributed by atoms with E-state index >= 15 is 0 Å². The molecule has 0 bridgehead atoms. The number of pyridine rings is 1. The number of imidazole rings is 1. The molecule has 19 heavy (non-hydrogen) atoms. The average molecular weight is 258 g/mol. The van der Waals surface area contributed by atoms with Gasteiger partial charge in [-0.15, -0.1) is 0 Å². The molecule has 0 fully saturated rings. The summed E-state index contributed by atoms with van der Waals surface area (Å²) in [5.74, 6) is 1.54. The molecule has 4 nitrogen and oxygen atoms in total. The van der Waals surface area contributed by atoms with Crippen LogP contribution in [0.1, 0.15) is 38.1 Å². The number of aromatic nitrogens is 3. The van der Waals surface area contributed by atoms with E-state index in [4.69, 9.17) is 0 Å². The highest BCUT2D eigenvalue weighted by atomic mass is 15.2. The fraction of sp³-hybridized carbons (Fsp3) is 0.467. The van der Waals surface area contributed by atoms with Crippen LogP contribution in [0.15, 0.2) is 30.7 Å². The molecule has 1 atom stereocenters. The first-order valence-corrected chi connectivity index (χ1v) is 6.76. The van der Waals surface area contributed by atoms with Gasteiger partial charge < -0.3 is 9.88 Å². The Morgan fingerprint density at radius 1 is 1.21 bits per heavy atom. The van der Waals surface area contributed by atoms with Crippen molar-refractivity contribution in [3.63, 3.8) is 0 Å². The van der Waals surface area contributed by atoms with Gasteiger partial charge in [-0.25, -0.2) is 4.98 Å². The van der Waals surface area contributed by atoms with Gasteiger partial charge in [-0.3, -0.25) is 4.98 Å². The lowest BCUT2D eigenvalue weighted by molar-refractivity contribution is 0.524. The molecule has 4 heteroatoms. The van der Waals surface area contributed by atoms with E-state index in [1.54, 1.807) is 0 Å². The molecular weight excluding hydrogens is 236 g/mol. The number of aryl methyl sites for hydroxylation is 1. The second kappa shape index (κ2) is 5.87. The highest BCUT2D eigenvalue weighted by molar-refractivity contribution is 5.33. The quantitative estimate of drug-likeness (QED) is 0.893. The van der Waals surface area contributed by atoms with Crippen LogP contribution >= 0.6 is 0 Å². The van der Waals surface area contributed by atoms with Gasteiger partial charge >= 0.3 is 0 Å². The zero-order valence-corrected chi connectivity index (χ0v) is 12.1. The van der Waals surface area contributed by atoms with Crippen molar-refractivity contribution in [2.45, 2.75) is 40.3 Å². The van der Waals surface area contributed by atoms with Crippen LogP contribution in [0, 0.1) is 12.8 Å². The predicted octanol–water partition coefficient (Wildman–Crippen LogP) is 3.42. The normalized spacial score (nSPS) is 12.7. The maximum absolute atomic E-state index is 4.57. The summed E-state index contributed by atoms with van der Waals surface area (Å²) in [6, 6.07) is 4.27. The first-order chi connectivity index (χ1) is 9.06. The highest BCUT2D eigenvalue weighted by Crippen LogP contribution is 2.19. The van der Waals surface area contributed by atoms with Crippen molar-refractivity contribution < 1.29 is 0 Å². The maximum atomic E-state index is 4.57. The zero-order chi connectivity index (χ0) is 13.8. The molecule has 2 heterocycles. The van der Waals surface area contributed by atoms with Crippen molar-refractivity contribution in [3.8, 4) is 0 Å². The lowest BCUT2D eigenvalue weighted by Gasteiger charge is -2.17. The molecule has 1 N–H and O–H groups in total. The molecule has 102 valence electrons. The summed E-state index contributed by atoms with van der Waals surface area (Å²) in [5.41, 5.74) is 2.26. The summed E-state index contributed by atoms with van der Waals surface area (Å²) in [4.78, 5) is 8.61. The van der Waals surface area contributed by atoms with E-state index in [1.807, 2.05) is 31.5 Å². The van der Waals surface area contributed by atoms with Crippen LogP contribution in [0.25, 0.3) is 0 Å². The van der Waals surface area contributed by atoms with Gasteiger partial charge in [0.05, 0.1) is 11.7 Å². The minimum absolute atomic E-state index is 0.218. The third-order valence-corrected chi connectivity index (χ3v) is 3.01. The van der Waals surface area contributed by atoms with Crippen molar-refractivity contribution in [3.05, 3.63) is 42.0 Å². The molecule has 0 saturated heterocycles. The van der Waals surface area contributed by atoms with Gasteiger partial charge in [0, 0.05) is 25.1 Å². The Labute approximate surface area is 114 Å². The molecule has 0 aliphatic rings. The van der Waals surface area contributed by atoms with E-state index in [2.05, 4.69) is 46.8 Å². The summed E-state index contributed by atoms with van der Waals surface area (Å²) in [5, 5.41) is 3.48. The monoisotopic (exact) mass is 258 g/mol. The van der Waals surface area contributed by atoms with Crippen molar-refractivity contribution in [1.29, 1.82) is 0 Å². The summed E-state index contributed by atoms with van der Waals surface area (Å²) in [6.07, 6.45) is 5.74. The molecule has 0 aliphatic heterocycles. The zero-order valence-electron chi connectivity index (χ0n) is 12.1. The Morgan fingerprint density at radius 3 is 2.53 bits per heavy atom. The first-order valence-electron chi connectivity index (χ1n) is 6.76. The van der Waals surface area contributed by atoms with Gasteiger partial charge in [0.1, 0.15) is 0 Å². The van der Waals surface area contributed by atoms with Crippen molar-refractivity contribution in [2.75, 3.05) is 5.32 Å². The van der Waals surface area contributed by atoms with E-state index in [0.717, 1.165) is 18.2 Å². The molecule has 2 aromatic rings. The molecule has 0 aliphatic carbocycles. The number of hydrogen-bond acceptors (Lipinski definition) is 3. The summed E-state index contributed by atoms with van der Waals surface area (Å²) in [7, 11) is 0. The van der Waals surface area contributed by atoms with E-state index < -0.39 is 0 Å². The van der Waals surface area contributed by atoms with E-state index in [9.17, 15) is 0 Å². The third kappa shape index (κ3) is 3.56. The van der Waals surface area contributed by atoms with Crippen molar-refractivity contribution in [1.82, 2.24) is 14.5 Å². The number of nitrogens with zero attached hydrogens (tertiary/aromatic N) is 3. The second-order valence-electron chi connectivity index (χ2n) is 5.40. The molecule has 2 aromatic heterocycles. The van der Waals surface area contributed by atoms with Crippen LogP contribution in [0.2, 0.25) is 0 Å². The average Bonchev–Trinajstić information content (AvgIpc) is 2.69. The van der Waals surface area contributed by atoms with Crippen LogP contribution in [0.5, 0.6) is 0 Å². The van der Waals surface area contributed by atoms with E-state index in [0.29, 0.717) is 5.92 Å². The highest BCUT2D eigenvalue weighted by Gasteiger charge is 2.11. The Hall–Kier alpha value is -1.84. The van der Waals surface area contributed by atoms with Crippen LogP contribution in [-0.2, 0) is 6.54 Å². The first kappa shape index (κ1) is 13.6. The van der Waals surface area contributed by atoms with Crippen molar-refractivity contribution in [2.24, 2.45) is 5.92 Å². The molecular formula is C15H22N4. The molecule has 0 amide bonds. The minimum Gasteiger partial charge on any atom is -0.349 e. The lowest BCUT2D eigenvalue weighted by Crippen LogP contribution is -2.13. The standard InChI is InChI=1S/C15H22N4/c1-11(2)9-19-10-12(3)17-15(19)18-13(4)14-5-7-16-8-6-14/h5-8,10-11,13H,9H2,1-4H3,(H,17,18). The largest absolute Gasteiger partial charge is 0.349 e. The van der Waals surface area contributed by atoms with E-state index in [-0.39, 0.29) is 6.04 Å². The molecule has 0 spiro atoms. The topological polar surface area (TPSA) is 42.7 Å². The van der Waals surface area contributed by atoms with Gasteiger partial charge in [-0.1, -0.05) is 13.8 Å². The number of anilines is 1. The molecule has 0 aromatic carbocycles. The predicted molar refractivity (Wildman–Crippen MR) is 78.1 cm³/mol. The molecule has 1 unspecified atom stereocenters. The Balaban J connectivity index is 2.14. The minimum atomic E-state index is 0.218. The van der Waals surface area contributed by atoms with Gasteiger partial charge in [0.15, 0.2) is 0 Å². The summed E-state index contributed by atoms with van der Waals surface area (Å²) >= 11 is 0. The van der Waals surface area contributed by atoms with Gasteiger partial charge in [0.2, 0.25) is 5.95 Å². The van der Waals surface area contributed by atoms with Gasteiger partial charge in [0.25, 0.3) is 0 Å². The molecule has 0 radical (unpaired) electrons. The fourth-order valence-electron chi connectivity index (χ4n) is 2.12. The second-order valence-corrected chi connectivity index (χ2v) is 5.40. The fourth-order valence-corrected chi connectivity index (χ4v) is 2.12. The maximum Gasteiger partial charge on any atom is 0.203 e. The third-order valence-electron chi connectivity index (χ3n) is 3.01. The van der Waals surface area contributed by atoms with E-state index in [1.165, 1.54) is 5.56 Å². The van der Waals surface area contributed by atoms with Crippen LogP contribution < -0.4 is 5.32 Å². The SMILES string of the molecule is Cc1cn(CC(C)C)c(NC(C)c2ccncc2)n1. The number of nitrogens with one attached hydrogen (secondary N) is 1. The van der Waals surface area contributed by atoms with Gasteiger partial charge in [-0.2, -0.15) is 0 Å². The Morgan fingerprint density at radius 2 is 1.89 bits per heavy atom. The van der Waals surface area contributed by atoms with Crippen LogP contribution in [0.4, 0.5) is 5.95 Å². The lowest BCUT2D eigenvalue weighted by atomic mass is 10.1. The summed E-state index contributed by atoms with van der Waals surface area (Å²) < 4.78 is 2.19. The Kier molecular flexibility index (Phi) is 4.20. The van der Waals surface area contributed by atoms with Crippen molar-refractivity contribution >= 4 is 5.95 Å².